The van der Waals surface area contributed by atoms with Crippen LogP contribution in [0.5, 0.6) is 0 Å². The van der Waals surface area contributed by atoms with Crippen LogP contribution in [0, 0.1) is 0 Å². The molecule has 0 bridgehead atoms. The number of nitrogens with zero attached hydrogens (tertiary/aromatic N) is 3. The van der Waals surface area contributed by atoms with Crippen LogP contribution in [0.25, 0.3) is 0 Å². The van der Waals surface area contributed by atoms with Crippen molar-refractivity contribution >= 4 is 55.1 Å². The van der Waals surface area contributed by atoms with E-state index in [0.29, 0.717) is 159 Å². The highest BCUT2D eigenvalue weighted by atomic mass is 32.2. The first-order chi connectivity index (χ1) is 44.9. The zero-order valence-corrected chi connectivity index (χ0v) is 55.9. The molecule has 0 aromatic heterocycles. The van der Waals surface area contributed by atoms with Crippen molar-refractivity contribution in [2.24, 2.45) is 0 Å². The van der Waals surface area contributed by atoms with Gasteiger partial charge in [-0.3, -0.25) is 14.1 Å². The van der Waals surface area contributed by atoms with Gasteiger partial charge in [0.25, 0.3) is 21.9 Å². The lowest BCUT2D eigenvalue weighted by Crippen LogP contribution is -2.33. The van der Waals surface area contributed by atoms with E-state index in [-0.39, 0.29) is 102 Å². The molecule has 1 fully saturated rings. The number of amides is 2. The zero-order chi connectivity index (χ0) is 67.2. The normalized spacial score (nSPS) is 18.0. The Morgan fingerprint density at radius 1 is 0.538 bits per heavy atom. The number of hydroxylamine groups is 2. The number of benzene rings is 2. The largest absolute Gasteiger partial charge is 0.744 e. The van der Waals surface area contributed by atoms with Crippen molar-refractivity contribution in [2.45, 2.75) is 66.6 Å². The quantitative estimate of drug-likeness (QED) is 0.0323. The highest BCUT2D eigenvalue weighted by Crippen LogP contribution is 2.51. The van der Waals surface area contributed by atoms with Gasteiger partial charge in [0.2, 0.25) is 5.69 Å². The molecule has 2 amide bonds. The predicted molar refractivity (Wildman–Crippen MR) is 335 cm³/mol. The van der Waals surface area contributed by atoms with Crippen LogP contribution in [0.4, 0.5) is 11.4 Å². The van der Waals surface area contributed by atoms with Gasteiger partial charge < -0.3 is 85.3 Å². The summed E-state index contributed by atoms with van der Waals surface area (Å²) >= 11 is 0. The lowest BCUT2D eigenvalue weighted by molar-refractivity contribution is -0.442. The molecule has 5 rings (SSSR count). The maximum atomic E-state index is 12.7. The van der Waals surface area contributed by atoms with Crippen LogP contribution in [-0.4, -0.2) is 272 Å². The predicted octanol–water partition coefficient (Wildman–Crippen LogP) is 3.88. The summed E-state index contributed by atoms with van der Waals surface area (Å²) in [6, 6.07) is 8.87. The average molecular weight is 1360 g/mol. The van der Waals surface area contributed by atoms with Crippen LogP contribution in [0.1, 0.15) is 57.1 Å². The van der Waals surface area contributed by atoms with Crippen molar-refractivity contribution in [3.8, 4) is 0 Å². The molecule has 30 heteroatoms. The Morgan fingerprint density at radius 3 is 1.45 bits per heavy atom. The minimum Gasteiger partial charge on any atom is -0.744 e. The van der Waals surface area contributed by atoms with Crippen LogP contribution in [0.3, 0.4) is 0 Å². The van der Waals surface area contributed by atoms with Gasteiger partial charge in [0.05, 0.1) is 180 Å². The number of fused-ring (bicyclic) bond motifs is 2. The molecule has 524 valence electrons. The molecular weight excluding hydrogens is 1260 g/mol. The second-order valence-electron chi connectivity index (χ2n) is 21.6. The molecule has 2 atom stereocenters. The molecular formula is C63H95N3O25S2. The second-order valence-corrected chi connectivity index (χ2v) is 24.4. The number of hydrogen-bond donors (Lipinski definition) is 1. The number of carbonyl (C=O) groups is 3. The summed E-state index contributed by atoms with van der Waals surface area (Å²) in [6.45, 7) is 13.2. The molecule has 2 unspecified atom stereocenters. The molecule has 3 aliphatic rings. The SMILES string of the molecule is COCCOCCOCCOCCN1C(=CC=CC=CC2=[N+](CCOCCOCCOCCC(=O)ON3C(=O)CCC3=O)c3ccc(S(=O)(=O)[O-])cc3C2(C)CCOCCOCCOCCOC)C(C)(CCOCCOCCOCCOC)c2cc(S(=O)(=O)O)ccc21. The molecule has 93 heavy (non-hydrogen) atoms. The van der Waals surface area contributed by atoms with E-state index in [1.807, 2.05) is 48.8 Å². The van der Waals surface area contributed by atoms with Crippen molar-refractivity contribution in [2.75, 3.05) is 218 Å². The second kappa shape index (κ2) is 43.2. The first-order valence-corrected chi connectivity index (χ1v) is 33.9. The first-order valence-electron chi connectivity index (χ1n) is 31.1. The van der Waals surface area contributed by atoms with Gasteiger partial charge >= 0.3 is 5.97 Å². The molecule has 2 aromatic rings. The van der Waals surface area contributed by atoms with Gasteiger partial charge in [0, 0.05) is 88.4 Å². The third kappa shape index (κ3) is 26.8. The number of rotatable bonds is 54. The molecule has 3 aliphatic heterocycles. The molecule has 0 aliphatic carbocycles. The van der Waals surface area contributed by atoms with Gasteiger partial charge in [-0.1, -0.05) is 18.2 Å². The van der Waals surface area contributed by atoms with E-state index in [1.54, 1.807) is 33.5 Å². The summed E-state index contributed by atoms with van der Waals surface area (Å²) in [5, 5.41) is 0.487. The van der Waals surface area contributed by atoms with Gasteiger partial charge in [0.1, 0.15) is 16.7 Å². The minimum atomic E-state index is -4.87. The highest BCUT2D eigenvalue weighted by Gasteiger charge is 2.48. The van der Waals surface area contributed by atoms with E-state index < -0.39 is 48.8 Å². The Bertz CT molecular complexity index is 2930. The molecule has 3 heterocycles. The number of allylic oxidation sites excluding steroid dienone is 6. The molecule has 0 radical (unpaired) electrons. The van der Waals surface area contributed by atoms with Crippen molar-refractivity contribution < 1.29 is 121 Å². The van der Waals surface area contributed by atoms with Crippen molar-refractivity contribution in [3.05, 3.63) is 83.6 Å². The summed E-state index contributed by atoms with van der Waals surface area (Å²) in [4.78, 5) is 41.9. The van der Waals surface area contributed by atoms with Crippen LogP contribution in [-0.2, 0) is 121 Å². The Labute approximate surface area is 546 Å². The monoisotopic (exact) mass is 1360 g/mol. The fourth-order valence-corrected chi connectivity index (χ4v) is 11.2. The third-order valence-corrected chi connectivity index (χ3v) is 16.7. The standard InChI is InChI=1S/C63H95N3O25S2/c1-62(18-23-80-34-39-88-46-43-84-30-27-76-3)53-49-51(92(70,71)72)11-13-55(53)64(20-25-82-36-41-87-38-33-79-22-17-61(69)91-66-59(67)15-16-60(66)68)57(62)9-7-6-8-10-58-63(2,19-24-81-35-40-89-47-44-85-31-28-77-4)54-50-52(93(73,74)75)12-14-56(54)65(58)21-26-83-37-42-90-48-45-86-32-29-78-5/h6-14,49-50H,15-48H2,1-5H3,(H-,70,71,72,73,74,75). The summed E-state index contributed by atoms with van der Waals surface area (Å²) in [5.41, 5.74) is 2.36. The number of ether oxygens (including phenoxy) is 15. The Morgan fingerprint density at radius 2 is 0.968 bits per heavy atom. The molecule has 1 N–H and O–H groups in total. The van der Waals surface area contributed by atoms with E-state index in [2.05, 4.69) is 4.90 Å². The van der Waals surface area contributed by atoms with E-state index in [0.717, 1.165) is 11.4 Å². The molecule has 1 saturated heterocycles. The van der Waals surface area contributed by atoms with E-state index in [1.165, 1.54) is 24.3 Å². The molecule has 28 nitrogen and oxygen atoms in total. The zero-order valence-electron chi connectivity index (χ0n) is 54.3. The summed E-state index contributed by atoms with van der Waals surface area (Å²) in [5.74, 6) is -1.91. The van der Waals surface area contributed by atoms with Crippen molar-refractivity contribution in [1.82, 2.24) is 5.06 Å². The van der Waals surface area contributed by atoms with Gasteiger partial charge in [-0.25, -0.2) is 13.2 Å². The minimum absolute atomic E-state index is 0.00627. The summed E-state index contributed by atoms with van der Waals surface area (Å²) in [6.07, 6.45) is 9.98. The third-order valence-electron chi connectivity index (χ3n) is 15.1. The Balaban J connectivity index is 1.37. The molecule has 0 spiro atoms. The van der Waals surface area contributed by atoms with E-state index >= 15 is 0 Å². The van der Waals surface area contributed by atoms with E-state index in [9.17, 15) is 40.3 Å². The van der Waals surface area contributed by atoms with Crippen LogP contribution < -0.4 is 4.90 Å². The number of methoxy groups -OCH3 is 3. The molecule has 0 saturated carbocycles. The smallest absolute Gasteiger partial charge is 0.335 e. The van der Waals surface area contributed by atoms with Gasteiger partial charge in [-0.15, -0.1) is 5.06 Å². The molecule has 2 aromatic carbocycles. The number of anilines is 1. The lowest BCUT2D eigenvalue weighted by atomic mass is 9.76. The van der Waals surface area contributed by atoms with Crippen molar-refractivity contribution in [3.63, 3.8) is 0 Å². The van der Waals surface area contributed by atoms with Crippen molar-refractivity contribution in [1.29, 1.82) is 0 Å². The Hall–Kier alpha value is -5.04. The first kappa shape index (κ1) is 78.7. The highest BCUT2D eigenvalue weighted by molar-refractivity contribution is 7.86. The summed E-state index contributed by atoms with van der Waals surface area (Å²) < 4.78 is 160. The van der Waals surface area contributed by atoms with Crippen LogP contribution in [0.15, 0.2) is 82.3 Å². The lowest BCUT2D eigenvalue weighted by Gasteiger charge is -2.30. The maximum absolute atomic E-state index is 12.7. The average Bonchev–Trinajstić information content (AvgIpc) is 1.59. The Kier molecular flexibility index (Phi) is 36.5. The van der Waals surface area contributed by atoms with E-state index in [4.69, 9.17) is 75.9 Å². The fourth-order valence-electron chi connectivity index (χ4n) is 10.2. The maximum Gasteiger partial charge on any atom is 0.335 e. The topological polar surface area (TPSA) is 320 Å². The van der Waals surface area contributed by atoms with Gasteiger partial charge in [-0.05, 0) is 68.7 Å². The number of carbonyl (C=O) groups excluding carboxylic acids is 3. The van der Waals surface area contributed by atoms with Gasteiger partial charge in [0.15, 0.2) is 12.3 Å². The number of imide groups is 1. The van der Waals surface area contributed by atoms with Crippen LogP contribution >= 0.6 is 0 Å². The fraction of sp³-hybridized carbons (Fsp3) is 0.651. The van der Waals surface area contributed by atoms with Crippen LogP contribution in [0.2, 0.25) is 0 Å². The summed E-state index contributed by atoms with van der Waals surface area (Å²) in [7, 11) is -4.68. The number of hydrogen-bond acceptors (Lipinski definition) is 25. The van der Waals surface area contributed by atoms with Gasteiger partial charge in [-0.2, -0.15) is 13.0 Å².